The molecule has 1 aromatic heterocycles. The number of anilines is 2. The second-order valence-corrected chi connectivity index (χ2v) is 6.13. The lowest BCUT2D eigenvalue weighted by molar-refractivity contribution is -0.118. The molecule has 2 heterocycles. The number of halogens is 3. The molecule has 1 fully saturated rings. The van der Waals surface area contributed by atoms with Crippen molar-refractivity contribution in [3.05, 3.63) is 18.3 Å². The summed E-state index contributed by atoms with van der Waals surface area (Å²) in [5, 5.41) is 2.70. The van der Waals surface area contributed by atoms with Crippen LogP contribution in [0, 0.1) is 0 Å². The zero-order valence-electron chi connectivity index (χ0n) is 15.4. The van der Waals surface area contributed by atoms with Gasteiger partial charge in [-0.15, -0.1) is 37.2 Å². The number of aromatic nitrogens is 1. The lowest BCUT2D eigenvalue weighted by atomic mass is 10.0. The quantitative estimate of drug-likeness (QED) is 0.716. The molecule has 1 unspecified atom stereocenters. The average Bonchev–Trinajstić information content (AvgIpc) is 2.56. The van der Waals surface area contributed by atoms with Gasteiger partial charge >= 0.3 is 0 Å². The van der Waals surface area contributed by atoms with E-state index >= 15 is 0 Å². The van der Waals surface area contributed by atoms with E-state index in [2.05, 4.69) is 34.2 Å². The number of nitrogens with one attached hydrogen (secondary N) is 1. The predicted molar refractivity (Wildman–Crippen MR) is 113 cm³/mol. The fraction of sp³-hybridized carbons (Fsp3) is 0.625. The van der Waals surface area contributed by atoms with Crippen molar-refractivity contribution in [1.82, 2.24) is 9.88 Å². The van der Waals surface area contributed by atoms with Crippen LogP contribution in [-0.4, -0.2) is 68.8 Å². The first-order valence-corrected chi connectivity index (χ1v) is 7.94. The van der Waals surface area contributed by atoms with E-state index in [1.807, 2.05) is 12.1 Å². The highest BCUT2D eigenvalue weighted by Crippen LogP contribution is 2.21. The summed E-state index contributed by atoms with van der Waals surface area (Å²) in [4.78, 5) is 20.7. The molecular formula is C16H30Cl3N5O2. The highest BCUT2D eigenvalue weighted by Gasteiger charge is 2.21. The number of carbonyl (C=O) groups excluding carboxylic acids is 1. The number of piperidine rings is 1. The van der Waals surface area contributed by atoms with Gasteiger partial charge in [0.25, 0.3) is 0 Å². The molecule has 1 amide bonds. The van der Waals surface area contributed by atoms with Crippen molar-refractivity contribution >= 4 is 54.6 Å². The monoisotopic (exact) mass is 429 g/mol. The molecule has 7 nitrogen and oxygen atoms in total. The van der Waals surface area contributed by atoms with E-state index < -0.39 is 6.04 Å². The van der Waals surface area contributed by atoms with Crippen LogP contribution in [-0.2, 0) is 9.53 Å². The number of rotatable bonds is 6. The Morgan fingerprint density at radius 3 is 2.42 bits per heavy atom. The molecule has 0 aromatic carbocycles. The Labute approximate surface area is 174 Å². The molecule has 1 aromatic rings. The third-order valence-corrected chi connectivity index (χ3v) is 4.24. The molecule has 152 valence electrons. The predicted octanol–water partition coefficient (Wildman–Crippen LogP) is 1.79. The van der Waals surface area contributed by atoms with E-state index in [0.717, 1.165) is 31.6 Å². The van der Waals surface area contributed by atoms with Crippen LogP contribution in [0.5, 0.6) is 0 Å². The van der Waals surface area contributed by atoms with Crippen molar-refractivity contribution in [2.24, 2.45) is 5.73 Å². The minimum Gasteiger partial charge on any atom is -0.383 e. The Morgan fingerprint density at radius 1 is 1.35 bits per heavy atom. The molecule has 0 aliphatic carbocycles. The van der Waals surface area contributed by atoms with E-state index in [-0.39, 0.29) is 49.7 Å². The molecule has 3 N–H and O–H groups in total. The van der Waals surface area contributed by atoms with Crippen LogP contribution in [0.1, 0.15) is 12.8 Å². The first-order chi connectivity index (χ1) is 11.0. The maximum Gasteiger partial charge on any atom is 0.244 e. The zero-order valence-corrected chi connectivity index (χ0v) is 17.8. The fourth-order valence-corrected chi connectivity index (χ4v) is 2.76. The summed E-state index contributed by atoms with van der Waals surface area (Å²) in [7, 11) is 5.78. The van der Waals surface area contributed by atoms with Gasteiger partial charge in [0, 0.05) is 26.2 Å². The van der Waals surface area contributed by atoms with Crippen LogP contribution in [0.3, 0.4) is 0 Å². The van der Waals surface area contributed by atoms with Gasteiger partial charge in [-0.3, -0.25) is 4.79 Å². The van der Waals surface area contributed by atoms with Gasteiger partial charge in [0.2, 0.25) is 5.91 Å². The largest absolute Gasteiger partial charge is 0.383 e. The smallest absolute Gasteiger partial charge is 0.244 e. The number of carbonyl (C=O) groups is 1. The lowest BCUT2D eigenvalue weighted by Crippen LogP contribution is -2.42. The fourth-order valence-electron chi connectivity index (χ4n) is 2.76. The summed E-state index contributed by atoms with van der Waals surface area (Å²) < 4.78 is 4.87. The van der Waals surface area contributed by atoms with Crippen molar-refractivity contribution < 1.29 is 9.53 Å². The number of methoxy groups -OCH3 is 1. The maximum absolute atomic E-state index is 11.8. The summed E-state index contributed by atoms with van der Waals surface area (Å²) in [5.74, 6) is 0.215. The van der Waals surface area contributed by atoms with Gasteiger partial charge in [-0.05, 0) is 39.1 Å². The van der Waals surface area contributed by atoms with Gasteiger partial charge in [0.05, 0.1) is 18.5 Å². The van der Waals surface area contributed by atoms with Crippen molar-refractivity contribution in [2.45, 2.75) is 24.9 Å². The normalized spacial score (nSPS) is 15.3. The molecule has 26 heavy (non-hydrogen) atoms. The molecule has 0 bridgehead atoms. The van der Waals surface area contributed by atoms with Crippen molar-refractivity contribution in [3.8, 4) is 0 Å². The molecule has 10 heteroatoms. The van der Waals surface area contributed by atoms with Crippen LogP contribution < -0.4 is 16.0 Å². The number of pyridine rings is 1. The van der Waals surface area contributed by atoms with E-state index in [4.69, 9.17) is 10.5 Å². The highest BCUT2D eigenvalue weighted by molar-refractivity contribution is 5.94. The molecule has 2 rings (SSSR count). The van der Waals surface area contributed by atoms with E-state index in [0.29, 0.717) is 11.9 Å². The van der Waals surface area contributed by atoms with Gasteiger partial charge in [-0.2, -0.15) is 0 Å². The van der Waals surface area contributed by atoms with Crippen LogP contribution in [0.4, 0.5) is 11.5 Å². The first kappa shape index (κ1) is 27.4. The molecular weight excluding hydrogens is 401 g/mol. The van der Waals surface area contributed by atoms with Crippen molar-refractivity contribution in [3.63, 3.8) is 0 Å². The maximum atomic E-state index is 11.8. The van der Waals surface area contributed by atoms with Crippen molar-refractivity contribution in [2.75, 3.05) is 51.1 Å². The number of hydrogen-bond donors (Lipinski definition) is 2. The molecule has 1 saturated heterocycles. The van der Waals surface area contributed by atoms with Crippen LogP contribution >= 0.6 is 37.2 Å². The average molecular weight is 431 g/mol. The number of ether oxygens (including phenoxy) is 1. The van der Waals surface area contributed by atoms with Gasteiger partial charge in [0.15, 0.2) is 0 Å². The van der Waals surface area contributed by atoms with E-state index in [1.165, 1.54) is 7.11 Å². The second kappa shape index (κ2) is 13.4. The Hall–Kier alpha value is -0.830. The summed E-state index contributed by atoms with van der Waals surface area (Å²) in [6, 6.07) is 3.76. The topological polar surface area (TPSA) is 83.7 Å². The Kier molecular flexibility index (Phi) is 14.1. The molecule has 1 aliphatic heterocycles. The summed E-state index contributed by atoms with van der Waals surface area (Å²) in [6.45, 7) is 2.23. The second-order valence-electron chi connectivity index (χ2n) is 6.13. The molecule has 1 atom stereocenters. The third kappa shape index (κ3) is 7.82. The minimum absolute atomic E-state index is 0. The number of amides is 1. The van der Waals surface area contributed by atoms with Gasteiger partial charge in [-0.1, -0.05) is 0 Å². The molecule has 0 spiro atoms. The molecule has 1 aliphatic rings. The lowest BCUT2D eigenvalue weighted by Gasteiger charge is -2.36. The number of hydrogen-bond acceptors (Lipinski definition) is 6. The standard InChI is InChI=1S/C16H27N5O2.3ClH/c1-20(2)12-6-8-21(9-7-12)13-4-5-15(18-10-13)19-16(22)14(17)11-23-3;;;/h4-5,10,12,14H,6-9,11,17H2,1-3H3,(H,18,19,22);3*1H. The minimum atomic E-state index is -0.688. The number of nitrogens with zero attached hydrogens (tertiary/aromatic N) is 3. The Balaban J connectivity index is 0. The summed E-state index contributed by atoms with van der Waals surface area (Å²) in [5.41, 5.74) is 6.77. The summed E-state index contributed by atoms with van der Waals surface area (Å²) >= 11 is 0. The van der Waals surface area contributed by atoms with Crippen molar-refractivity contribution in [1.29, 1.82) is 0 Å². The number of nitrogens with two attached hydrogens (primary N) is 1. The molecule has 0 saturated carbocycles. The van der Waals surface area contributed by atoms with Gasteiger partial charge in [-0.25, -0.2) is 4.98 Å². The third-order valence-electron chi connectivity index (χ3n) is 4.24. The Bertz CT molecular complexity index is 511. The van der Waals surface area contributed by atoms with Gasteiger partial charge in [0.1, 0.15) is 11.9 Å². The van der Waals surface area contributed by atoms with Gasteiger partial charge < -0.3 is 25.6 Å². The first-order valence-electron chi connectivity index (χ1n) is 7.94. The van der Waals surface area contributed by atoms with Crippen LogP contribution in [0.2, 0.25) is 0 Å². The van der Waals surface area contributed by atoms with E-state index in [1.54, 1.807) is 6.20 Å². The summed E-state index contributed by atoms with van der Waals surface area (Å²) in [6.07, 6.45) is 4.10. The SMILES string of the molecule is COCC(N)C(=O)Nc1ccc(N2CCC(N(C)C)CC2)cn1.Cl.Cl.Cl. The van der Waals surface area contributed by atoms with E-state index in [9.17, 15) is 4.79 Å². The van der Waals surface area contributed by atoms with Crippen LogP contribution in [0.15, 0.2) is 18.3 Å². The highest BCUT2D eigenvalue weighted by atomic mass is 35.5. The molecule has 0 radical (unpaired) electrons. The zero-order chi connectivity index (χ0) is 16.8. The van der Waals surface area contributed by atoms with Crippen LogP contribution in [0.25, 0.3) is 0 Å². The Morgan fingerprint density at radius 2 is 1.96 bits per heavy atom.